The summed E-state index contributed by atoms with van der Waals surface area (Å²) in [6, 6.07) is -1.29. The molecule has 3 unspecified atom stereocenters. The van der Waals surface area contributed by atoms with E-state index in [0.29, 0.717) is 13.0 Å². The Morgan fingerprint density at radius 3 is 2.50 bits per heavy atom. The highest BCUT2D eigenvalue weighted by atomic mass is 32.2. The first kappa shape index (κ1) is 17.2. The molecule has 2 amide bonds. The van der Waals surface area contributed by atoms with E-state index in [2.05, 4.69) is 10.6 Å². The molecule has 7 heteroatoms. The SMILES string of the molecule is CCNC(=O)C(C)NC(=O)C(O)C(N)CCSC. The van der Waals surface area contributed by atoms with Crippen LogP contribution in [0, 0.1) is 0 Å². The Kier molecular flexibility index (Phi) is 8.78. The van der Waals surface area contributed by atoms with Gasteiger partial charge in [-0.15, -0.1) is 0 Å². The molecule has 0 fully saturated rings. The van der Waals surface area contributed by atoms with Gasteiger partial charge in [-0.1, -0.05) is 0 Å². The van der Waals surface area contributed by atoms with Crippen molar-refractivity contribution >= 4 is 23.6 Å². The average Bonchev–Trinajstić information content (AvgIpc) is 2.34. The zero-order chi connectivity index (χ0) is 14.1. The summed E-state index contributed by atoms with van der Waals surface area (Å²) in [5.74, 6) is -0.115. The fourth-order valence-corrected chi connectivity index (χ4v) is 1.81. The van der Waals surface area contributed by atoms with Crippen LogP contribution < -0.4 is 16.4 Å². The molecule has 0 heterocycles. The van der Waals surface area contributed by atoms with Crippen LogP contribution in [0.1, 0.15) is 20.3 Å². The summed E-state index contributed by atoms with van der Waals surface area (Å²) in [6.07, 6.45) is 1.19. The van der Waals surface area contributed by atoms with Crippen molar-refractivity contribution in [2.75, 3.05) is 18.6 Å². The highest BCUT2D eigenvalue weighted by Gasteiger charge is 2.25. The van der Waals surface area contributed by atoms with Crippen LogP contribution in [0.3, 0.4) is 0 Å². The molecule has 0 bridgehead atoms. The fourth-order valence-electron chi connectivity index (χ4n) is 1.30. The van der Waals surface area contributed by atoms with Crippen molar-refractivity contribution in [3.8, 4) is 0 Å². The summed E-state index contributed by atoms with van der Waals surface area (Å²) < 4.78 is 0. The van der Waals surface area contributed by atoms with E-state index in [-0.39, 0.29) is 5.91 Å². The first-order valence-electron chi connectivity index (χ1n) is 5.94. The molecular formula is C11H23N3O3S. The lowest BCUT2D eigenvalue weighted by Crippen LogP contribution is -2.52. The molecule has 0 spiro atoms. The van der Waals surface area contributed by atoms with E-state index in [4.69, 9.17) is 5.73 Å². The third kappa shape index (κ3) is 6.23. The van der Waals surface area contributed by atoms with E-state index < -0.39 is 24.1 Å². The van der Waals surface area contributed by atoms with E-state index in [1.807, 2.05) is 6.26 Å². The van der Waals surface area contributed by atoms with Crippen LogP contribution in [-0.2, 0) is 9.59 Å². The lowest BCUT2D eigenvalue weighted by molar-refractivity contribution is -0.134. The van der Waals surface area contributed by atoms with Gasteiger partial charge in [0.1, 0.15) is 12.1 Å². The number of thioether (sulfide) groups is 1. The predicted octanol–water partition coefficient (Wildman–Crippen LogP) is -0.931. The Morgan fingerprint density at radius 2 is 2.00 bits per heavy atom. The smallest absolute Gasteiger partial charge is 0.251 e. The molecule has 0 saturated heterocycles. The van der Waals surface area contributed by atoms with Gasteiger partial charge in [0, 0.05) is 12.6 Å². The summed E-state index contributed by atoms with van der Waals surface area (Å²) in [5.41, 5.74) is 5.69. The maximum atomic E-state index is 11.6. The molecule has 0 aromatic carbocycles. The molecule has 0 aliphatic rings. The number of carbonyl (C=O) groups is 2. The number of amides is 2. The van der Waals surface area contributed by atoms with Crippen molar-refractivity contribution in [1.82, 2.24) is 10.6 Å². The maximum Gasteiger partial charge on any atom is 0.251 e. The Morgan fingerprint density at radius 1 is 1.39 bits per heavy atom. The van der Waals surface area contributed by atoms with E-state index >= 15 is 0 Å². The number of aliphatic hydroxyl groups excluding tert-OH is 1. The van der Waals surface area contributed by atoms with Crippen molar-refractivity contribution < 1.29 is 14.7 Å². The number of hydrogen-bond donors (Lipinski definition) is 4. The summed E-state index contributed by atoms with van der Waals surface area (Å²) in [6.45, 7) is 3.84. The van der Waals surface area contributed by atoms with E-state index in [1.54, 1.807) is 25.6 Å². The van der Waals surface area contributed by atoms with E-state index in [0.717, 1.165) is 5.75 Å². The van der Waals surface area contributed by atoms with Crippen LogP contribution in [0.2, 0.25) is 0 Å². The second kappa shape index (κ2) is 9.18. The topological polar surface area (TPSA) is 104 Å². The molecule has 106 valence electrons. The maximum absolute atomic E-state index is 11.6. The fraction of sp³-hybridized carbons (Fsp3) is 0.818. The van der Waals surface area contributed by atoms with Gasteiger partial charge in [0.05, 0.1) is 0 Å². The minimum absolute atomic E-state index is 0.282. The standard InChI is InChI=1S/C11H23N3O3S/c1-4-13-10(16)7(2)14-11(17)9(15)8(12)5-6-18-3/h7-9,15H,4-6,12H2,1-3H3,(H,13,16)(H,14,17). The molecule has 18 heavy (non-hydrogen) atoms. The number of rotatable bonds is 8. The van der Waals surface area contributed by atoms with Crippen LogP contribution in [0.15, 0.2) is 0 Å². The third-order valence-electron chi connectivity index (χ3n) is 2.43. The van der Waals surface area contributed by atoms with Gasteiger partial charge in [0.25, 0.3) is 5.91 Å². The number of aliphatic hydroxyl groups is 1. The van der Waals surface area contributed by atoms with Crippen molar-refractivity contribution in [3.63, 3.8) is 0 Å². The number of nitrogens with two attached hydrogens (primary N) is 1. The molecule has 0 saturated carbocycles. The number of likely N-dealkylation sites (N-methyl/N-ethyl adjacent to an activating group) is 1. The normalized spacial score (nSPS) is 15.6. The Bertz CT molecular complexity index is 276. The quantitative estimate of drug-likeness (QED) is 0.459. The average molecular weight is 277 g/mol. The van der Waals surface area contributed by atoms with Gasteiger partial charge in [0.2, 0.25) is 5.91 Å². The Balaban J connectivity index is 4.18. The molecule has 0 aliphatic carbocycles. The van der Waals surface area contributed by atoms with Gasteiger partial charge >= 0.3 is 0 Å². The van der Waals surface area contributed by atoms with Crippen molar-refractivity contribution in [2.24, 2.45) is 5.73 Å². The molecule has 0 radical (unpaired) electrons. The van der Waals surface area contributed by atoms with Gasteiger partial charge < -0.3 is 21.5 Å². The van der Waals surface area contributed by atoms with Crippen molar-refractivity contribution in [3.05, 3.63) is 0 Å². The van der Waals surface area contributed by atoms with Crippen molar-refractivity contribution in [1.29, 1.82) is 0 Å². The molecule has 0 aliphatic heterocycles. The summed E-state index contributed by atoms with van der Waals surface area (Å²) in [5, 5.41) is 14.7. The zero-order valence-corrected chi connectivity index (χ0v) is 11.9. The van der Waals surface area contributed by atoms with Crippen LogP contribution >= 0.6 is 11.8 Å². The van der Waals surface area contributed by atoms with Gasteiger partial charge in [-0.2, -0.15) is 11.8 Å². The predicted molar refractivity (Wildman–Crippen MR) is 73.3 cm³/mol. The number of nitrogens with one attached hydrogen (secondary N) is 2. The molecule has 0 aromatic rings. The minimum Gasteiger partial charge on any atom is -0.382 e. The highest BCUT2D eigenvalue weighted by Crippen LogP contribution is 2.03. The van der Waals surface area contributed by atoms with Crippen LogP contribution in [0.25, 0.3) is 0 Å². The largest absolute Gasteiger partial charge is 0.382 e. The summed E-state index contributed by atoms with van der Waals surface area (Å²) >= 11 is 1.60. The number of hydrogen-bond acceptors (Lipinski definition) is 5. The molecule has 6 nitrogen and oxygen atoms in total. The van der Waals surface area contributed by atoms with Gasteiger partial charge in [-0.3, -0.25) is 9.59 Å². The molecule has 5 N–H and O–H groups in total. The molecule has 3 atom stereocenters. The second-order valence-electron chi connectivity index (χ2n) is 4.02. The zero-order valence-electron chi connectivity index (χ0n) is 11.1. The van der Waals surface area contributed by atoms with Crippen LogP contribution in [0.5, 0.6) is 0 Å². The highest BCUT2D eigenvalue weighted by molar-refractivity contribution is 7.98. The monoisotopic (exact) mass is 277 g/mol. The lowest BCUT2D eigenvalue weighted by Gasteiger charge is -2.20. The molecule has 0 rings (SSSR count). The third-order valence-corrected chi connectivity index (χ3v) is 3.08. The van der Waals surface area contributed by atoms with Gasteiger partial charge in [0.15, 0.2) is 0 Å². The summed E-state index contributed by atoms with van der Waals surface area (Å²) in [4.78, 5) is 23.0. The first-order chi connectivity index (χ1) is 8.43. The molecular weight excluding hydrogens is 254 g/mol. The minimum atomic E-state index is -1.28. The van der Waals surface area contributed by atoms with Gasteiger partial charge in [-0.25, -0.2) is 0 Å². The number of carbonyl (C=O) groups excluding carboxylic acids is 2. The summed E-state index contributed by atoms with van der Waals surface area (Å²) in [7, 11) is 0. The first-order valence-corrected chi connectivity index (χ1v) is 7.34. The van der Waals surface area contributed by atoms with Crippen molar-refractivity contribution in [2.45, 2.75) is 38.5 Å². The van der Waals surface area contributed by atoms with Gasteiger partial charge in [-0.05, 0) is 32.3 Å². The van der Waals surface area contributed by atoms with E-state index in [9.17, 15) is 14.7 Å². The van der Waals surface area contributed by atoms with Crippen LogP contribution in [-0.4, -0.2) is 53.7 Å². The lowest BCUT2D eigenvalue weighted by atomic mass is 10.1. The second-order valence-corrected chi connectivity index (χ2v) is 5.00. The molecule has 0 aromatic heterocycles. The Labute approximate surface area is 112 Å². The Hall–Kier alpha value is -0.790. The van der Waals surface area contributed by atoms with Crippen LogP contribution in [0.4, 0.5) is 0 Å². The van der Waals surface area contributed by atoms with E-state index in [1.165, 1.54) is 0 Å².